The van der Waals surface area contributed by atoms with Crippen molar-refractivity contribution in [1.29, 1.82) is 0 Å². The predicted octanol–water partition coefficient (Wildman–Crippen LogP) is 10.4. The number of rotatable bonds is 8. The van der Waals surface area contributed by atoms with Gasteiger partial charge in [-0.25, -0.2) is 0 Å². The molecule has 0 spiro atoms. The molecule has 2 aliphatic heterocycles. The highest BCUT2D eigenvalue weighted by Crippen LogP contribution is 2.53. The zero-order valence-corrected chi connectivity index (χ0v) is 28.7. The average molecular weight is 636 g/mol. The Balaban J connectivity index is 1.30. The van der Waals surface area contributed by atoms with Crippen LogP contribution in [0.25, 0.3) is 10.8 Å². The van der Waals surface area contributed by atoms with Gasteiger partial charge in [-0.1, -0.05) is 152 Å². The molecule has 49 heavy (non-hydrogen) atoms. The van der Waals surface area contributed by atoms with E-state index < -0.39 is 0 Å². The van der Waals surface area contributed by atoms with Crippen LogP contribution in [-0.4, -0.2) is 24.4 Å². The molecule has 1 atom stereocenters. The van der Waals surface area contributed by atoms with Gasteiger partial charge in [0.1, 0.15) is 7.05 Å². The number of benzene rings is 6. The van der Waals surface area contributed by atoms with E-state index in [-0.39, 0.29) is 10.8 Å². The van der Waals surface area contributed by atoms with Crippen LogP contribution < -0.4 is 4.90 Å². The molecule has 2 nitrogen and oxygen atoms in total. The second-order valence-corrected chi connectivity index (χ2v) is 14.0. The van der Waals surface area contributed by atoms with Gasteiger partial charge in [-0.3, -0.25) is 0 Å². The first-order valence-electron chi connectivity index (χ1n) is 17.5. The minimum atomic E-state index is -0.260. The zero-order chi connectivity index (χ0) is 33.4. The lowest BCUT2D eigenvalue weighted by molar-refractivity contribution is -0.401. The molecule has 6 aromatic rings. The van der Waals surface area contributed by atoms with Crippen LogP contribution in [0.15, 0.2) is 176 Å². The van der Waals surface area contributed by atoms with Crippen LogP contribution in [-0.2, 0) is 30.1 Å². The number of allylic oxidation sites excluding steroid dienone is 4. The number of hydrogen-bond donors (Lipinski definition) is 0. The van der Waals surface area contributed by atoms with Gasteiger partial charge >= 0.3 is 0 Å². The van der Waals surface area contributed by atoms with E-state index in [1.54, 1.807) is 0 Å². The Morgan fingerprint density at radius 2 is 1.14 bits per heavy atom. The van der Waals surface area contributed by atoms with Crippen LogP contribution in [0.3, 0.4) is 0 Å². The maximum atomic E-state index is 2.48. The maximum absolute atomic E-state index is 2.48. The lowest BCUT2D eigenvalue weighted by Crippen LogP contribution is -2.34. The summed E-state index contributed by atoms with van der Waals surface area (Å²) < 4.78 is 2.40. The molecule has 2 heteroatoms. The van der Waals surface area contributed by atoms with Crippen molar-refractivity contribution in [3.05, 3.63) is 203 Å². The topological polar surface area (TPSA) is 6.25 Å². The third-order valence-corrected chi connectivity index (χ3v) is 11.0. The van der Waals surface area contributed by atoms with E-state index >= 15 is 0 Å². The molecule has 0 N–H and O–H groups in total. The summed E-state index contributed by atoms with van der Waals surface area (Å²) >= 11 is 0. The van der Waals surface area contributed by atoms with E-state index in [2.05, 4.69) is 200 Å². The molecule has 1 unspecified atom stereocenters. The van der Waals surface area contributed by atoms with Crippen LogP contribution in [0.1, 0.15) is 34.7 Å². The third-order valence-electron chi connectivity index (χ3n) is 11.0. The summed E-state index contributed by atoms with van der Waals surface area (Å²) in [4.78, 5) is 2.48. The third kappa shape index (κ3) is 5.33. The summed E-state index contributed by atoms with van der Waals surface area (Å²) in [6.07, 6.45) is 9.87. The molecule has 0 amide bonds. The van der Waals surface area contributed by atoms with Gasteiger partial charge in [0, 0.05) is 41.3 Å². The summed E-state index contributed by atoms with van der Waals surface area (Å²) in [5.41, 5.74) is 11.6. The molecular weight excluding hydrogens is 593 g/mol. The molecule has 0 saturated carbocycles. The van der Waals surface area contributed by atoms with Crippen molar-refractivity contribution in [3.63, 3.8) is 0 Å². The Kier molecular flexibility index (Phi) is 7.88. The highest BCUT2D eigenvalue weighted by atomic mass is 15.2. The van der Waals surface area contributed by atoms with Crippen LogP contribution >= 0.6 is 0 Å². The number of fused-ring (bicyclic) bond motifs is 4. The van der Waals surface area contributed by atoms with Gasteiger partial charge in [0.05, 0.1) is 11.1 Å². The first-order valence-corrected chi connectivity index (χ1v) is 17.5. The Hall–Kier alpha value is -5.47. The van der Waals surface area contributed by atoms with Crippen molar-refractivity contribution < 1.29 is 4.58 Å². The maximum Gasteiger partial charge on any atom is 0.209 e. The van der Waals surface area contributed by atoms with Gasteiger partial charge in [0.25, 0.3) is 0 Å². The van der Waals surface area contributed by atoms with Crippen molar-refractivity contribution in [2.75, 3.05) is 19.0 Å². The van der Waals surface area contributed by atoms with Crippen molar-refractivity contribution >= 4 is 27.9 Å². The molecule has 8 rings (SSSR count). The lowest BCUT2D eigenvalue weighted by atomic mass is 9.70. The molecule has 0 radical (unpaired) electrons. The van der Waals surface area contributed by atoms with Crippen molar-refractivity contribution in [3.8, 4) is 0 Å². The van der Waals surface area contributed by atoms with E-state index in [1.165, 1.54) is 61.4 Å². The molecule has 6 aromatic carbocycles. The summed E-state index contributed by atoms with van der Waals surface area (Å²) in [6.45, 7) is 2.41. The number of hydrogen-bond acceptors (Lipinski definition) is 1. The minimum Gasteiger partial charge on any atom is -0.347 e. The van der Waals surface area contributed by atoms with Gasteiger partial charge in [0.2, 0.25) is 5.69 Å². The van der Waals surface area contributed by atoms with E-state index in [9.17, 15) is 0 Å². The molecule has 2 aliphatic rings. The van der Waals surface area contributed by atoms with Crippen LogP contribution in [0.5, 0.6) is 0 Å². The number of para-hydroxylation sites is 1. The SMILES string of the molecule is CN1/C(=C/C=C/C2=[N+](C)c3ccccc3C2(C)Cc2ccccc2)C(Cc2ccccc2)(Cc2ccccc2)c2ccc3ccccc3c21. The minimum absolute atomic E-state index is 0.159. The Morgan fingerprint density at radius 1 is 0.592 bits per heavy atom. The number of likely N-dealkylation sites (N-methyl/N-ethyl adjacent to an activating group) is 1. The molecular formula is C47H43N2+. The quantitative estimate of drug-likeness (QED) is 0.151. The second kappa shape index (κ2) is 12.5. The smallest absolute Gasteiger partial charge is 0.209 e. The van der Waals surface area contributed by atoms with E-state index in [4.69, 9.17) is 0 Å². The van der Waals surface area contributed by atoms with Crippen molar-refractivity contribution in [1.82, 2.24) is 0 Å². The number of anilines is 1. The summed E-state index contributed by atoms with van der Waals surface area (Å²) in [5.74, 6) is 0. The fourth-order valence-corrected chi connectivity index (χ4v) is 8.76. The van der Waals surface area contributed by atoms with Gasteiger partial charge in [-0.05, 0) is 59.9 Å². The molecule has 0 fully saturated rings. The monoisotopic (exact) mass is 635 g/mol. The first kappa shape index (κ1) is 30.8. The summed E-state index contributed by atoms with van der Waals surface area (Å²) in [5, 5.41) is 2.58. The van der Waals surface area contributed by atoms with Crippen molar-refractivity contribution in [2.24, 2.45) is 0 Å². The summed E-state index contributed by atoms with van der Waals surface area (Å²) in [6, 6.07) is 55.5. The fourth-order valence-electron chi connectivity index (χ4n) is 8.76. The normalized spacial score (nSPS) is 18.8. The molecule has 0 aliphatic carbocycles. The van der Waals surface area contributed by atoms with E-state index in [0.717, 1.165) is 19.3 Å². The van der Waals surface area contributed by atoms with Crippen LogP contribution in [0.4, 0.5) is 11.4 Å². The van der Waals surface area contributed by atoms with E-state index in [0.29, 0.717) is 0 Å². The molecule has 0 aromatic heterocycles. The largest absolute Gasteiger partial charge is 0.347 e. The van der Waals surface area contributed by atoms with Crippen LogP contribution in [0.2, 0.25) is 0 Å². The highest BCUT2D eigenvalue weighted by Gasteiger charge is 2.48. The molecule has 0 saturated heterocycles. The van der Waals surface area contributed by atoms with Gasteiger partial charge in [-0.2, -0.15) is 4.58 Å². The first-order chi connectivity index (χ1) is 24.0. The Labute approximate surface area is 291 Å². The standard InChI is InChI=1S/C47H43N2/c1-46(32-35-18-7-4-8-19-35)40-26-15-16-27-42(40)48(2)43(46)28-17-29-44-47(33-36-20-9-5-10-21-36,34-37-22-11-6-12-23-37)41-31-30-38-24-13-14-25-39(38)45(41)49(44)3/h4-31H,32-34H2,1-3H3/q+1. The molecule has 0 bridgehead atoms. The van der Waals surface area contributed by atoms with Gasteiger partial charge in [0.15, 0.2) is 5.71 Å². The second-order valence-electron chi connectivity index (χ2n) is 14.0. The highest BCUT2D eigenvalue weighted by molar-refractivity contribution is 6.04. The van der Waals surface area contributed by atoms with E-state index in [1.807, 2.05) is 0 Å². The fraction of sp³-hybridized carbons (Fsp3) is 0.170. The van der Waals surface area contributed by atoms with Gasteiger partial charge < -0.3 is 4.90 Å². The molecule has 2 heterocycles. The average Bonchev–Trinajstić information content (AvgIpc) is 3.49. The van der Waals surface area contributed by atoms with Crippen molar-refractivity contribution in [2.45, 2.75) is 37.0 Å². The lowest BCUT2D eigenvalue weighted by Gasteiger charge is -2.33. The van der Waals surface area contributed by atoms with Gasteiger partial charge in [-0.15, -0.1) is 0 Å². The summed E-state index contributed by atoms with van der Waals surface area (Å²) in [7, 11) is 4.49. The predicted molar refractivity (Wildman–Crippen MR) is 206 cm³/mol. The molecule has 240 valence electrons. The Morgan fingerprint density at radius 3 is 1.80 bits per heavy atom. The number of nitrogens with zero attached hydrogens (tertiary/aromatic N) is 2. The zero-order valence-electron chi connectivity index (χ0n) is 28.7. The van der Waals surface area contributed by atoms with Crippen LogP contribution in [0, 0.1) is 0 Å². The Bertz CT molecular complexity index is 2190.